The van der Waals surface area contributed by atoms with Crippen molar-refractivity contribution in [2.75, 3.05) is 38.3 Å². The van der Waals surface area contributed by atoms with E-state index in [1.807, 2.05) is 6.07 Å². The maximum atomic E-state index is 13.1. The van der Waals surface area contributed by atoms with Crippen LogP contribution in [0.2, 0.25) is 0 Å². The Hall–Kier alpha value is -3.60. The van der Waals surface area contributed by atoms with E-state index in [2.05, 4.69) is 20.3 Å². The van der Waals surface area contributed by atoms with Crippen molar-refractivity contribution >= 4 is 11.7 Å². The Morgan fingerprint density at radius 2 is 2.00 bits per heavy atom. The van der Waals surface area contributed by atoms with Gasteiger partial charge in [-0.2, -0.15) is 18.3 Å². The molecule has 0 unspecified atom stereocenters. The fourth-order valence-corrected chi connectivity index (χ4v) is 3.51. The van der Waals surface area contributed by atoms with Gasteiger partial charge in [0.1, 0.15) is 5.82 Å². The summed E-state index contributed by atoms with van der Waals surface area (Å²) in [6.45, 7) is 2.80. The summed E-state index contributed by atoms with van der Waals surface area (Å²) in [5.41, 5.74) is 0.132. The van der Waals surface area contributed by atoms with Gasteiger partial charge in [-0.25, -0.2) is 9.67 Å². The zero-order valence-electron chi connectivity index (χ0n) is 17.8. The molecule has 1 aliphatic rings. The van der Waals surface area contributed by atoms with Crippen molar-refractivity contribution < 1.29 is 27.4 Å². The second-order valence-corrected chi connectivity index (χ2v) is 7.31. The van der Waals surface area contributed by atoms with Crippen LogP contribution in [0.3, 0.4) is 0 Å². The van der Waals surface area contributed by atoms with Crippen LogP contribution in [-0.4, -0.2) is 54.1 Å². The molecule has 1 aromatic carbocycles. The molecule has 3 aromatic rings. The number of carbonyl (C=O) groups excluding carboxylic acids is 1. The SMILES string of the molecule is COc1cn(-c2cccc(C(F)(F)F)c2)nc1C(=O)NCc1cccnc1N1CCOCC1. The molecule has 1 fully saturated rings. The summed E-state index contributed by atoms with van der Waals surface area (Å²) in [4.78, 5) is 19.4. The molecule has 3 heterocycles. The van der Waals surface area contributed by atoms with Gasteiger partial charge in [0.2, 0.25) is 0 Å². The lowest BCUT2D eigenvalue weighted by molar-refractivity contribution is -0.137. The predicted molar refractivity (Wildman–Crippen MR) is 114 cm³/mol. The first-order chi connectivity index (χ1) is 15.9. The molecule has 174 valence electrons. The molecule has 1 aliphatic heterocycles. The lowest BCUT2D eigenvalue weighted by Crippen LogP contribution is -2.37. The molecule has 4 rings (SSSR count). The number of methoxy groups -OCH3 is 1. The van der Waals surface area contributed by atoms with Gasteiger partial charge >= 0.3 is 6.18 Å². The van der Waals surface area contributed by atoms with Crippen molar-refractivity contribution in [2.24, 2.45) is 0 Å². The number of hydrogen-bond donors (Lipinski definition) is 1. The van der Waals surface area contributed by atoms with Gasteiger partial charge in [-0.1, -0.05) is 12.1 Å². The van der Waals surface area contributed by atoms with Crippen LogP contribution in [0.5, 0.6) is 5.75 Å². The Kier molecular flexibility index (Phi) is 6.50. The van der Waals surface area contributed by atoms with Crippen molar-refractivity contribution in [2.45, 2.75) is 12.7 Å². The highest BCUT2D eigenvalue weighted by molar-refractivity contribution is 5.95. The molecular weight excluding hydrogens is 439 g/mol. The van der Waals surface area contributed by atoms with Crippen molar-refractivity contribution in [1.29, 1.82) is 0 Å². The van der Waals surface area contributed by atoms with Gasteiger partial charge in [0.05, 0.1) is 37.8 Å². The Bertz CT molecular complexity index is 1130. The Labute approximate surface area is 187 Å². The number of morpholine rings is 1. The van der Waals surface area contributed by atoms with Crippen LogP contribution in [0.4, 0.5) is 19.0 Å². The molecule has 33 heavy (non-hydrogen) atoms. The third-order valence-electron chi connectivity index (χ3n) is 5.17. The minimum atomic E-state index is -4.49. The molecule has 0 radical (unpaired) electrons. The number of benzene rings is 1. The molecule has 1 saturated heterocycles. The van der Waals surface area contributed by atoms with E-state index in [4.69, 9.17) is 9.47 Å². The quantitative estimate of drug-likeness (QED) is 0.608. The minimum Gasteiger partial charge on any atom is -0.493 e. The summed E-state index contributed by atoms with van der Waals surface area (Å²) in [6, 6.07) is 8.33. The summed E-state index contributed by atoms with van der Waals surface area (Å²) in [5.74, 6) is 0.390. The molecule has 0 atom stereocenters. The van der Waals surface area contributed by atoms with E-state index in [0.29, 0.717) is 26.3 Å². The van der Waals surface area contributed by atoms with Crippen LogP contribution in [-0.2, 0) is 17.5 Å². The first-order valence-electron chi connectivity index (χ1n) is 10.2. The Balaban J connectivity index is 1.53. The van der Waals surface area contributed by atoms with E-state index >= 15 is 0 Å². The summed E-state index contributed by atoms with van der Waals surface area (Å²) in [5, 5.41) is 6.97. The van der Waals surface area contributed by atoms with E-state index in [1.54, 1.807) is 12.3 Å². The summed E-state index contributed by atoms with van der Waals surface area (Å²) >= 11 is 0. The fourth-order valence-electron chi connectivity index (χ4n) is 3.51. The smallest absolute Gasteiger partial charge is 0.416 e. The zero-order chi connectivity index (χ0) is 23.4. The lowest BCUT2D eigenvalue weighted by atomic mass is 10.2. The molecule has 8 nitrogen and oxygen atoms in total. The maximum absolute atomic E-state index is 13.1. The van der Waals surface area contributed by atoms with Gasteiger partial charge in [-0.05, 0) is 24.3 Å². The Morgan fingerprint density at radius 3 is 2.73 bits per heavy atom. The van der Waals surface area contributed by atoms with Crippen LogP contribution < -0.4 is 15.0 Å². The number of hydrogen-bond acceptors (Lipinski definition) is 6. The van der Waals surface area contributed by atoms with Gasteiger partial charge < -0.3 is 19.7 Å². The largest absolute Gasteiger partial charge is 0.493 e. The summed E-state index contributed by atoms with van der Waals surface area (Å²) in [6.07, 6.45) is -1.43. The number of aromatic nitrogens is 3. The molecule has 1 amide bonds. The molecule has 0 spiro atoms. The van der Waals surface area contributed by atoms with Crippen molar-refractivity contribution in [1.82, 2.24) is 20.1 Å². The number of nitrogens with one attached hydrogen (secondary N) is 1. The summed E-state index contributed by atoms with van der Waals surface area (Å²) in [7, 11) is 1.36. The number of rotatable bonds is 6. The van der Waals surface area contributed by atoms with Crippen molar-refractivity contribution in [3.05, 3.63) is 65.6 Å². The van der Waals surface area contributed by atoms with E-state index in [9.17, 15) is 18.0 Å². The summed E-state index contributed by atoms with van der Waals surface area (Å²) < 4.78 is 51.0. The van der Waals surface area contributed by atoms with Gasteiger partial charge in [0.15, 0.2) is 11.4 Å². The second kappa shape index (κ2) is 9.49. The van der Waals surface area contributed by atoms with E-state index in [1.165, 1.54) is 30.1 Å². The average molecular weight is 461 g/mol. The van der Waals surface area contributed by atoms with Crippen molar-refractivity contribution in [3.63, 3.8) is 0 Å². The van der Waals surface area contributed by atoms with Crippen molar-refractivity contribution in [3.8, 4) is 11.4 Å². The average Bonchev–Trinajstić information content (AvgIpc) is 3.28. The van der Waals surface area contributed by atoms with Crippen LogP contribution >= 0.6 is 0 Å². The molecule has 0 saturated carbocycles. The lowest BCUT2D eigenvalue weighted by Gasteiger charge is -2.29. The highest BCUT2D eigenvalue weighted by Crippen LogP contribution is 2.31. The monoisotopic (exact) mass is 461 g/mol. The third kappa shape index (κ3) is 5.08. The van der Waals surface area contributed by atoms with Gasteiger partial charge in [0, 0.05) is 31.4 Å². The number of amides is 1. The van der Waals surface area contributed by atoms with E-state index in [0.717, 1.165) is 23.5 Å². The standard InChI is InChI=1S/C22H22F3N5O3/c1-32-18-14-30(17-6-2-5-16(12-17)22(23,24)25)28-19(18)21(31)27-13-15-4-3-7-26-20(15)29-8-10-33-11-9-29/h2-7,12,14H,8-11,13H2,1H3,(H,27,31). The second-order valence-electron chi connectivity index (χ2n) is 7.31. The van der Waals surface area contributed by atoms with E-state index < -0.39 is 17.6 Å². The maximum Gasteiger partial charge on any atom is 0.416 e. The third-order valence-corrected chi connectivity index (χ3v) is 5.17. The fraction of sp³-hybridized carbons (Fsp3) is 0.318. The molecule has 1 N–H and O–H groups in total. The number of carbonyl (C=O) groups is 1. The molecule has 0 aliphatic carbocycles. The highest BCUT2D eigenvalue weighted by Gasteiger charge is 2.31. The molecule has 2 aromatic heterocycles. The minimum absolute atomic E-state index is 0.0354. The Morgan fingerprint density at radius 1 is 1.21 bits per heavy atom. The number of alkyl halides is 3. The number of pyridine rings is 1. The van der Waals surface area contributed by atoms with Gasteiger partial charge in [0.25, 0.3) is 5.91 Å². The topological polar surface area (TPSA) is 81.5 Å². The van der Waals surface area contributed by atoms with E-state index in [-0.39, 0.29) is 23.7 Å². The first-order valence-corrected chi connectivity index (χ1v) is 10.2. The first kappa shape index (κ1) is 22.6. The molecular formula is C22H22F3N5O3. The number of ether oxygens (including phenoxy) is 2. The van der Waals surface area contributed by atoms with Crippen LogP contribution in [0.1, 0.15) is 21.6 Å². The van der Waals surface area contributed by atoms with Crippen LogP contribution in [0.15, 0.2) is 48.8 Å². The van der Waals surface area contributed by atoms with Crippen LogP contribution in [0.25, 0.3) is 5.69 Å². The zero-order valence-corrected chi connectivity index (χ0v) is 17.8. The van der Waals surface area contributed by atoms with Crippen LogP contribution in [0, 0.1) is 0 Å². The number of nitrogens with zero attached hydrogens (tertiary/aromatic N) is 4. The molecule has 11 heteroatoms. The predicted octanol–water partition coefficient (Wildman–Crippen LogP) is 3.06. The normalized spacial score (nSPS) is 14.2. The van der Waals surface area contributed by atoms with Gasteiger partial charge in [-0.15, -0.1) is 0 Å². The van der Waals surface area contributed by atoms with Gasteiger partial charge in [-0.3, -0.25) is 4.79 Å². The molecule has 0 bridgehead atoms. The number of halogens is 3. The number of anilines is 1. The highest BCUT2D eigenvalue weighted by atomic mass is 19.4.